The Morgan fingerprint density at radius 2 is 1.82 bits per heavy atom. The smallest absolute Gasteiger partial charge is 0.165 e. The van der Waals surface area contributed by atoms with Crippen molar-refractivity contribution in [2.45, 2.75) is 39.5 Å². The van der Waals surface area contributed by atoms with Crippen molar-refractivity contribution < 1.29 is 4.79 Å². The number of carbonyl (C=O) groups is 1. The molecule has 0 fully saturated rings. The van der Waals surface area contributed by atoms with Gasteiger partial charge in [-0.3, -0.25) is 4.79 Å². The van der Waals surface area contributed by atoms with Crippen molar-refractivity contribution in [2.75, 3.05) is 17.2 Å². The molecule has 0 aromatic heterocycles. The number of hydrogen-bond donors (Lipinski definition) is 4. The molecule has 0 bridgehead atoms. The van der Waals surface area contributed by atoms with Crippen LogP contribution in [0, 0.1) is 5.92 Å². The molecule has 0 aliphatic rings. The van der Waals surface area contributed by atoms with E-state index in [2.05, 4.69) is 29.6 Å². The summed E-state index contributed by atoms with van der Waals surface area (Å²) in [7, 11) is 0. The number of anilines is 3. The normalized spacial score (nSPS) is 11.5. The van der Waals surface area contributed by atoms with Crippen LogP contribution in [-0.2, 0) is 0 Å². The Hall–Kier alpha value is -3.02. The molecule has 0 unspecified atom stereocenters. The van der Waals surface area contributed by atoms with E-state index in [1.807, 2.05) is 48.5 Å². The summed E-state index contributed by atoms with van der Waals surface area (Å²) < 4.78 is 0. The summed E-state index contributed by atoms with van der Waals surface area (Å²) in [6.45, 7) is 4.86. The number of ketones is 1. The third-order valence-corrected chi connectivity index (χ3v) is 4.32. The van der Waals surface area contributed by atoms with Gasteiger partial charge in [0, 0.05) is 42.0 Å². The lowest BCUT2D eigenvalue weighted by atomic mass is 9.99. The molecule has 0 saturated carbocycles. The summed E-state index contributed by atoms with van der Waals surface area (Å²) in [6, 6.07) is 15.8. The second-order valence-corrected chi connectivity index (χ2v) is 7.28. The third kappa shape index (κ3) is 6.95. The minimum Gasteiger partial charge on any atom is -0.386 e. The Labute approximate surface area is 167 Å². The predicted molar refractivity (Wildman–Crippen MR) is 118 cm³/mol. The van der Waals surface area contributed by atoms with Gasteiger partial charge in [0.25, 0.3) is 0 Å². The predicted octanol–water partition coefficient (Wildman–Crippen LogP) is 4.47. The topological polar surface area (TPSA) is 106 Å². The van der Waals surface area contributed by atoms with Gasteiger partial charge in [-0.2, -0.15) is 5.10 Å². The number of Topliss-reactive ketones (excluding diaryl/α,β-unsaturated/α-hetero) is 1. The Morgan fingerprint density at radius 1 is 1.07 bits per heavy atom. The standard InChI is InChI=1S/C22H31N5O/c1-16(2)14-21(28)19-12-11-18(26-17-8-4-3-5-9-17)15-20(19)25-13-7-6-10-22(23)27-24/h3-5,8-9,11-12,15-16,25-26H,6-7,10,13-14,24H2,1-2H3,(H2,23,27). The zero-order valence-corrected chi connectivity index (χ0v) is 16.7. The molecule has 2 aromatic carbocycles. The van der Waals surface area contributed by atoms with E-state index >= 15 is 0 Å². The van der Waals surface area contributed by atoms with Crippen molar-refractivity contribution in [3.8, 4) is 0 Å². The Bertz CT molecular complexity index is 787. The van der Waals surface area contributed by atoms with Crippen LogP contribution in [0.25, 0.3) is 0 Å². The molecule has 6 nitrogen and oxygen atoms in total. The number of benzene rings is 2. The first kappa shape index (κ1) is 21.3. The molecule has 2 aromatic rings. The zero-order chi connectivity index (χ0) is 20.4. The van der Waals surface area contributed by atoms with Crippen LogP contribution >= 0.6 is 0 Å². The van der Waals surface area contributed by atoms with E-state index in [4.69, 9.17) is 11.6 Å². The average molecular weight is 382 g/mol. The SMILES string of the molecule is CC(C)CC(=O)c1ccc(Nc2ccccc2)cc1NCCCC/C(N)=N/N. The fourth-order valence-corrected chi connectivity index (χ4v) is 2.90. The fourth-order valence-electron chi connectivity index (χ4n) is 2.90. The summed E-state index contributed by atoms with van der Waals surface area (Å²) in [6.07, 6.45) is 3.00. The van der Waals surface area contributed by atoms with Crippen LogP contribution in [-0.4, -0.2) is 18.2 Å². The van der Waals surface area contributed by atoms with Gasteiger partial charge < -0.3 is 22.2 Å². The van der Waals surface area contributed by atoms with Crippen molar-refractivity contribution >= 4 is 28.7 Å². The number of unbranched alkanes of at least 4 members (excludes halogenated alkanes) is 1. The highest BCUT2D eigenvalue weighted by Gasteiger charge is 2.14. The van der Waals surface area contributed by atoms with Gasteiger partial charge in [-0.05, 0) is 49.1 Å². The minimum atomic E-state index is 0.156. The van der Waals surface area contributed by atoms with E-state index in [9.17, 15) is 4.79 Å². The largest absolute Gasteiger partial charge is 0.386 e. The van der Waals surface area contributed by atoms with Crippen molar-refractivity contribution in [3.05, 3.63) is 54.1 Å². The van der Waals surface area contributed by atoms with Crippen LogP contribution in [0.5, 0.6) is 0 Å². The first-order valence-electron chi connectivity index (χ1n) is 9.75. The Kier molecular flexibility index (Phi) is 8.34. The van der Waals surface area contributed by atoms with Gasteiger partial charge in [0.2, 0.25) is 0 Å². The third-order valence-electron chi connectivity index (χ3n) is 4.32. The van der Waals surface area contributed by atoms with Gasteiger partial charge in [-0.15, -0.1) is 0 Å². The summed E-state index contributed by atoms with van der Waals surface area (Å²) >= 11 is 0. The van der Waals surface area contributed by atoms with Crippen LogP contribution in [0.1, 0.15) is 49.9 Å². The molecule has 0 atom stereocenters. The maximum absolute atomic E-state index is 12.7. The molecular weight excluding hydrogens is 350 g/mol. The quantitative estimate of drug-likeness (QED) is 0.115. The number of nitrogens with one attached hydrogen (secondary N) is 2. The van der Waals surface area contributed by atoms with Gasteiger partial charge in [-0.1, -0.05) is 32.0 Å². The molecule has 0 saturated heterocycles. The maximum atomic E-state index is 12.7. The lowest BCUT2D eigenvalue weighted by molar-refractivity contribution is 0.0968. The van der Waals surface area contributed by atoms with Gasteiger partial charge >= 0.3 is 0 Å². The van der Waals surface area contributed by atoms with Crippen molar-refractivity contribution in [2.24, 2.45) is 22.6 Å². The number of rotatable bonds is 11. The molecule has 0 heterocycles. The second-order valence-electron chi connectivity index (χ2n) is 7.28. The number of nitrogens with two attached hydrogens (primary N) is 2. The minimum absolute atomic E-state index is 0.156. The molecule has 0 radical (unpaired) electrons. The van der Waals surface area contributed by atoms with E-state index in [0.29, 0.717) is 24.6 Å². The number of para-hydroxylation sites is 1. The molecular formula is C22H31N5O. The van der Waals surface area contributed by atoms with E-state index in [1.54, 1.807) is 0 Å². The lowest BCUT2D eigenvalue weighted by Crippen LogP contribution is -2.14. The monoisotopic (exact) mass is 381 g/mol. The number of hydrazone groups is 1. The summed E-state index contributed by atoms with van der Waals surface area (Å²) in [4.78, 5) is 12.7. The summed E-state index contributed by atoms with van der Waals surface area (Å²) in [5.74, 6) is 6.09. The van der Waals surface area contributed by atoms with E-state index in [0.717, 1.165) is 42.0 Å². The zero-order valence-electron chi connectivity index (χ0n) is 16.7. The van der Waals surface area contributed by atoms with E-state index < -0.39 is 0 Å². The molecule has 0 amide bonds. The van der Waals surface area contributed by atoms with Crippen LogP contribution in [0.2, 0.25) is 0 Å². The van der Waals surface area contributed by atoms with E-state index in [1.165, 1.54) is 0 Å². The molecule has 6 N–H and O–H groups in total. The first-order valence-corrected chi connectivity index (χ1v) is 9.75. The molecule has 6 heteroatoms. The molecule has 150 valence electrons. The number of hydrogen-bond acceptors (Lipinski definition) is 5. The highest BCUT2D eigenvalue weighted by molar-refractivity contribution is 6.02. The molecule has 0 aliphatic heterocycles. The Balaban J connectivity index is 2.09. The average Bonchev–Trinajstić information content (AvgIpc) is 2.68. The number of amidine groups is 1. The van der Waals surface area contributed by atoms with Crippen LogP contribution in [0.3, 0.4) is 0 Å². The van der Waals surface area contributed by atoms with Crippen LogP contribution in [0.15, 0.2) is 53.6 Å². The number of nitrogens with zero attached hydrogens (tertiary/aromatic N) is 1. The van der Waals surface area contributed by atoms with Crippen LogP contribution in [0.4, 0.5) is 17.1 Å². The fraction of sp³-hybridized carbons (Fsp3) is 0.364. The van der Waals surface area contributed by atoms with Crippen LogP contribution < -0.4 is 22.2 Å². The van der Waals surface area contributed by atoms with Gasteiger partial charge in [-0.25, -0.2) is 0 Å². The first-order chi connectivity index (χ1) is 13.5. The highest BCUT2D eigenvalue weighted by Crippen LogP contribution is 2.26. The molecule has 0 aliphatic carbocycles. The maximum Gasteiger partial charge on any atom is 0.165 e. The van der Waals surface area contributed by atoms with Crippen molar-refractivity contribution in [1.29, 1.82) is 0 Å². The lowest BCUT2D eigenvalue weighted by Gasteiger charge is -2.15. The van der Waals surface area contributed by atoms with Gasteiger partial charge in [0.1, 0.15) is 5.84 Å². The summed E-state index contributed by atoms with van der Waals surface area (Å²) in [5.41, 5.74) is 9.15. The molecule has 0 spiro atoms. The van der Waals surface area contributed by atoms with Gasteiger partial charge in [0.05, 0.1) is 0 Å². The Morgan fingerprint density at radius 3 is 2.50 bits per heavy atom. The second kappa shape index (κ2) is 11.0. The summed E-state index contributed by atoms with van der Waals surface area (Å²) in [5, 5.41) is 10.3. The van der Waals surface area contributed by atoms with Crippen molar-refractivity contribution in [3.63, 3.8) is 0 Å². The number of carbonyl (C=O) groups excluding carboxylic acids is 1. The molecule has 28 heavy (non-hydrogen) atoms. The van der Waals surface area contributed by atoms with Crippen molar-refractivity contribution in [1.82, 2.24) is 0 Å². The van der Waals surface area contributed by atoms with Gasteiger partial charge in [0.15, 0.2) is 5.78 Å². The van der Waals surface area contributed by atoms with E-state index in [-0.39, 0.29) is 5.78 Å². The molecule has 2 rings (SSSR count). The highest BCUT2D eigenvalue weighted by atomic mass is 16.1.